The Morgan fingerprint density at radius 2 is 2.07 bits per heavy atom. The van der Waals surface area contributed by atoms with Crippen molar-refractivity contribution in [1.29, 1.82) is 0 Å². The first kappa shape index (κ1) is 13.2. The highest BCUT2D eigenvalue weighted by Crippen LogP contribution is 2.07. The van der Waals surface area contributed by atoms with E-state index in [1.54, 1.807) is 0 Å². The molecule has 0 fully saturated rings. The van der Waals surface area contributed by atoms with Crippen LogP contribution in [0.1, 0.15) is 11.3 Å². The Bertz CT molecular complexity index is 411. The zero-order chi connectivity index (χ0) is 8.55. The summed E-state index contributed by atoms with van der Waals surface area (Å²) in [6, 6.07) is 3.98. The Labute approximate surface area is 95.1 Å². The lowest BCUT2D eigenvalue weighted by Crippen LogP contribution is -1.98. The third-order valence-electron chi connectivity index (χ3n) is 1.99. The van der Waals surface area contributed by atoms with Gasteiger partial charge in [0.1, 0.15) is 5.65 Å². The van der Waals surface area contributed by atoms with Crippen LogP contribution in [0.2, 0.25) is 0 Å². The van der Waals surface area contributed by atoms with Gasteiger partial charge in [0.05, 0.1) is 0 Å². The fraction of sp³-hybridized carbons (Fsp3) is 0.222. The molecule has 2 heterocycles. The molecule has 0 aliphatic rings. The molecule has 0 aliphatic heterocycles. The molecule has 0 saturated carbocycles. The summed E-state index contributed by atoms with van der Waals surface area (Å²) in [6.45, 7) is 2.61. The number of nitrogens with zero attached hydrogens (tertiary/aromatic N) is 2. The van der Waals surface area contributed by atoms with E-state index in [1.165, 1.54) is 0 Å². The molecule has 0 unspecified atom stereocenters. The van der Waals surface area contributed by atoms with E-state index in [0.717, 1.165) is 16.9 Å². The molecule has 5 heteroatoms. The summed E-state index contributed by atoms with van der Waals surface area (Å²) in [5.74, 6) is 0. The Morgan fingerprint density at radius 3 is 2.71 bits per heavy atom. The summed E-state index contributed by atoms with van der Waals surface area (Å²) >= 11 is 0. The highest BCUT2D eigenvalue weighted by molar-refractivity contribution is 5.85. The van der Waals surface area contributed by atoms with Gasteiger partial charge in [-0.1, -0.05) is 6.07 Å². The summed E-state index contributed by atoms with van der Waals surface area (Å²) in [5.41, 5.74) is 8.77. The van der Waals surface area contributed by atoms with Crippen LogP contribution in [0, 0.1) is 6.92 Å². The summed E-state index contributed by atoms with van der Waals surface area (Å²) in [5, 5.41) is 0. The summed E-state index contributed by atoms with van der Waals surface area (Å²) in [7, 11) is 0. The number of fused-ring (bicyclic) bond motifs is 1. The second kappa shape index (κ2) is 5.20. The molecule has 0 amide bonds. The number of pyridine rings is 1. The Hall–Kier alpha value is -0.770. The molecule has 3 nitrogen and oxygen atoms in total. The maximum atomic E-state index is 5.53. The minimum absolute atomic E-state index is 0. The molecule has 0 atom stereocenters. The number of hydrogen-bond acceptors (Lipinski definition) is 2. The van der Waals surface area contributed by atoms with Crippen molar-refractivity contribution in [3.63, 3.8) is 0 Å². The number of nitrogens with two attached hydrogens (primary N) is 1. The van der Waals surface area contributed by atoms with Gasteiger partial charge in [-0.05, 0) is 18.6 Å². The quantitative estimate of drug-likeness (QED) is 0.819. The molecule has 0 saturated heterocycles. The predicted molar refractivity (Wildman–Crippen MR) is 62.3 cm³/mol. The number of halogens is 2. The van der Waals surface area contributed by atoms with E-state index >= 15 is 0 Å². The van der Waals surface area contributed by atoms with E-state index in [4.69, 9.17) is 5.73 Å². The van der Waals surface area contributed by atoms with Gasteiger partial charge in [-0.3, -0.25) is 0 Å². The van der Waals surface area contributed by atoms with Crippen molar-refractivity contribution in [2.75, 3.05) is 0 Å². The SMILES string of the molecule is Cc1cnc2ccc(CN)cn12.Cl.Cl. The van der Waals surface area contributed by atoms with Crippen molar-refractivity contribution >= 4 is 30.5 Å². The molecule has 2 rings (SSSR count). The van der Waals surface area contributed by atoms with Crippen LogP contribution in [-0.2, 0) is 6.54 Å². The van der Waals surface area contributed by atoms with Gasteiger partial charge < -0.3 is 10.1 Å². The maximum absolute atomic E-state index is 5.53. The fourth-order valence-electron chi connectivity index (χ4n) is 1.27. The smallest absolute Gasteiger partial charge is 0.136 e. The Morgan fingerprint density at radius 1 is 1.36 bits per heavy atom. The van der Waals surface area contributed by atoms with Gasteiger partial charge in [-0.2, -0.15) is 0 Å². The number of aromatic nitrogens is 2. The van der Waals surface area contributed by atoms with Crippen LogP contribution < -0.4 is 5.73 Å². The molecule has 2 aromatic rings. The number of imidazole rings is 1. The number of rotatable bonds is 1. The van der Waals surface area contributed by atoms with E-state index in [1.807, 2.05) is 35.9 Å². The molecule has 0 radical (unpaired) electrons. The highest BCUT2D eigenvalue weighted by Gasteiger charge is 1.97. The van der Waals surface area contributed by atoms with Gasteiger partial charge in [0.25, 0.3) is 0 Å². The summed E-state index contributed by atoms with van der Waals surface area (Å²) in [6.07, 6.45) is 3.88. The van der Waals surface area contributed by atoms with Crippen molar-refractivity contribution < 1.29 is 0 Å². The molecule has 78 valence electrons. The van der Waals surface area contributed by atoms with E-state index in [2.05, 4.69) is 4.98 Å². The second-order valence-electron chi connectivity index (χ2n) is 2.87. The lowest BCUT2D eigenvalue weighted by molar-refractivity contribution is 1.01. The molecule has 0 aliphatic carbocycles. The highest BCUT2D eigenvalue weighted by atomic mass is 35.5. The zero-order valence-electron chi connectivity index (χ0n) is 7.80. The molecular weight excluding hydrogens is 221 g/mol. The Balaban J connectivity index is 0.000000845. The third kappa shape index (κ3) is 2.18. The average Bonchev–Trinajstić information content (AvgIpc) is 2.47. The predicted octanol–water partition coefficient (Wildman–Crippen LogP) is 1.95. The fourth-order valence-corrected chi connectivity index (χ4v) is 1.27. The largest absolute Gasteiger partial charge is 0.326 e. The molecular formula is C9H13Cl2N3. The van der Waals surface area contributed by atoms with Crippen molar-refractivity contribution in [3.05, 3.63) is 35.8 Å². The van der Waals surface area contributed by atoms with E-state index < -0.39 is 0 Å². The van der Waals surface area contributed by atoms with Gasteiger partial charge in [-0.25, -0.2) is 4.98 Å². The van der Waals surface area contributed by atoms with Crippen LogP contribution in [0.5, 0.6) is 0 Å². The molecule has 0 bridgehead atoms. The minimum Gasteiger partial charge on any atom is -0.326 e. The monoisotopic (exact) mass is 233 g/mol. The van der Waals surface area contributed by atoms with Gasteiger partial charge in [-0.15, -0.1) is 24.8 Å². The molecule has 14 heavy (non-hydrogen) atoms. The van der Waals surface area contributed by atoms with Crippen LogP contribution in [0.25, 0.3) is 5.65 Å². The van der Waals surface area contributed by atoms with Gasteiger partial charge >= 0.3 is 0 Å². The van der Waals surface area contributed by atoms with Crippen LogP contribution in [0.15, 0.2) is 24.5 Å². The Kier molecular flexibility index (Phi) is 4.91. The zero-order valence-corrected chi connectivity index (χ0v) is 9.44. The van der Waals surface area contributed by atoms with Crippen LogP contribution in [0.4, 0.5) is 0 Å². The van der Waals surface area contributed by atoms with Crippen molar-refractivity contribution in [1.82, 2.24) is 9.38 Å². The molecule has 2 N–H and O–H groups in total. The topological polar surface area (TPSA) is 43.3 Å². The standard InChI is InChI=1S/C9H11N3.2ClH/c1-7-5-11-9-3-2-8(4-10)6-12(7)9;;/h2-3,5-6H,4,10H2,1H3;2*1H. The summed E-state index contributed by atoms with van der Waals surface area (Å²) < 4.78 is 2.04. The first-order valence-corrected chi connectivity index (χ1v) is 3.94. The molecule has 0 spiro atoms. The lowest BCUT2D eigenvalue weighted by atomic mass is 10.3. The van der Waals surface area contributed by atoms with E-state index in [9.17, 15) is 0 Å². The van der Waals surface area contributed by atoms with Gasteiger partial charge in [0.15, 0.2) is 0 Å². The van der Waals surface area contributed by atoms with Crippen LogP contribution in [-0.4, -0.2) is 9.38 Å². The van der Waals surface area contributed by atoms with Crippen molar-refractivity contribution in [3.8, 4) is 0 Å². The summed E-state index contributed by atoms with van der Waals surface area (Å²) in [4.78, 5) is 4.22. The number of hydrogen-bond donors (Lipinski definition) is 1. The number of aryl methyl sites for hydroxylation is 1. The first-order valence-electron chi connectivity index (χ1n) is 3.94. The molecule has 0 aromatic carbocycles. The van der Waals surface area contributed by atoms with Crippen LogP contribution >= 0.6 is 24.8 Å². The third-order valence-corrected chi connectivity index (χ3v) is 1.99. The second-order valence-corrected chi connectivity index (χ2v) is 2.87. The van der Waals surface area contributed by atoms with Crippen molar-refractivity contribution in [2.24, 2.45) is 5.73 Å². The molecule has 2 aromatic heterocycles. The van der Waals surface area contributed by atoms with E-state index in [-0.39, 0.29) is 24.8 Å². The van der Waals surface area contributed by atoms with Gasteiger partial charge in [0, 0.05) is 24.6 Å². The van der Waals surface area contributed by atoms with Gasteiger partial charge in [0.2, 0.25) is 0 Å². The van der Waals surface area contributed by atoms with Crippen molar-refractivity contribution in [2.45, 2.75) is 13.5 Å². The van der Waals surface area contributed by atoms with E-state index in [0.29, 0.717) is 6.54 Å². The minimum atomic E-state index is 0. The average molecular weight is 234 g/mol. The lowest BCUT2D eigenvalue weighted by Gasteiger charge is -1.99. The first-order chi connectivity index (χ1) is 5.81. The maximum Gasteiger partial charge on any atom is 0.136 e. The normalized spacial score (nSPS) is 9.29. The van der Waals surface area contributed by atoms with Crippen LogP contribution in [0.3, 0.4) is 0 Å².